The van der Waals surface area contributed by atoms with Gasteiger partial charge in [0.15, 0.2) is 0 Å². The number of nitrogens with zero attached hydrogens (tertiary/aromatic N) is 4. The van der Waals surface area contributed by atoms with E-state index in [0.717, 1.165) is 30.9 Å². The second-order valence-corrected chi connectivity index (χ2v) is 8.75. The van der Waals surface area contributed by atoms with Crippen LogP contribution in [0.2, 0.25) is 0 Å². The molecule has 2 aliphatic heterocycles. The van der Waals surface area contributed by atoms with Crippen LogP contribution in [0.15, 0.2) is 42.9 Å². The number of pyridine rings is 1. The van der Waals surface area contributed by atoms with Crippen molar-refractivity contribution in [2.75, 3.05) is 0 Å². The first-order chi connectivity index (χ1) is 17.0. The predicted molar refractivity (Wildman–Crippen MR) is 126 cm³/mol. The summed E-state index contributed by atoms with van der Waals surface area (Å²) in [6.45, 7) is 1.03. The van der Waals surface area contributed by atoms with Crippen molar-refractivity contribution >= 4 is 22.8 Å². The summed E-state index contributed by atoms with van der Waals surface area (Å²) in [4.78, 5) is 38.9. The van der Waals surface area contributed by atoms with E-state index in [1.54, 1.807) is 29.3 Å². The maximum atomic E-state index is 14.5. The summed E-state index contributed by atoms with van der Waals surface area (Å²) in [7, 11) is 0. The van der Waals surface area contributed by atoms with E-state index in [0.29, 0.717) is 27.7 Å². The van der Waals surface area contributed by atoms with E-state index in [4.69, 9.17) is 10.7 Å². The molecule has 3 N–H and O–H groups in total. The Morgan fingerprint density at radius 1 is 1.31 bits per heavy atom. The van der Waals surface area contributed by atoms with Crippen molar-refractivity contribution in [1.29, 1.82) is 0 Å². The molecule has 8 nitrogen and oxygen atoms in total. The number of H-pyrrole nitrogens is 1. The van der Waals surface area contributed by atoms with Gasteiger partial charge in [0, 0.05) is 60.1 Å². The van der Waals surface area contributed by atoms with Gasteiger partial charge >= 0.3 is 0 Å². The number of aromatic amines is 1. The number of fused-ring (bicyclic) bond motifs is 3. The smallest absolute Gasteiger partial charge is 0.255 e. The van der Waals surface area contributed by atoms with E-state index in [1.807, 2.05) is 6.20 Å². The molecule has 0 bridgehead atoms. The van der Waals surface area contributed by atoms with E-state index < -0.39 is 17.8 Å². The molecule has 2 aliphatic rings. The molecule has 0 saturated heterocycles. The third kappa shape index (κ3) is 3.46. The first-order valence-corrected chi connectivity index (χ1v) is 11.4. The standard InChI is InChI=1S/C26H21FN6O2/c27-20-6-1-5-17-19(20)13-33(26(17)35)22(21-14-32-11-3-8-23(32)31-21)7-2-4-15-16-9-10-29-25(16)30-12-18(15)24(28)34/h1,5-6,9-10,12,14,22H,3,7-8,11,13H2,(H2,28,34)(H,29,30). The van der Waals surface area contributed by atoms with Crippen LogP contribution < -0.4 is 5.73 Å². The van der Waals surface area contributed by atoms with Crippen LogP contribution in [0.3, 0.4) is 0 Å². The van der Waals surface area contributed by atoms with Crippen LogP contribution in [-0.2, 0) is 19.5 Å². The minimum Gasteiger partial charge on any atom is -0.366 e. The highest BCUT2D eigenvalue weighted by Gasteiger charge is 2.36. The lowest BCUT2D eigenvalue weighted by Gasteiger charge is -2.25. The van der Waals surface area contributed by atoms with Crippen molar-refractivity contribution in [3.8, 4) is 11.8 Å². The fourth-order valence-electron chi connectivity index (χ4n) is 4.95. The molecule has 0 spiro atoms. The Morgan fingerprint density at radius 3 is 3.00 bits per heavy atom. The average Bonchev–Trinajstić information content (AvgIpc) is 3.61. The Hall–Kier alpha value is -4.45. The van der Waals surface area contributed by atoms with Crippen LogP contribution in [-0.4, -0.2) is 36.2 Å². The number of benzene rings is 1. The molecule has 3 aromatic heterocycles. The lowest BCUT2D eigenvalue weighted by atomic mass is 10.0. The topological polar surface area (TPSA) is 110 Å². The summed E-state index contributed by atoms with van der Waals surface area (Å²) < 4.78 is 16.6. The molecule has 0 radical (unpaired) electrons. The molecule has 0 aliphatic carbocycles. The zero-order valence-electron chi connectivity index (χ0n) is 18.7. The Kier molecular flexibility index (Phi) is 4.88. The fraction of sp³-hybridized carbons (Fsp3) is 0.231. The van der Waals surface area contributed by atoms with Gasteiger partial charge in [-0.3, -0.25) is 9.59 Å². The number of carbonyl (C=O) groups is 2. The van der Waals surface area contributed by atoms with Gasteiger partial charge in [-0.2, -0.15) is 0 Å². The number of nitrogens with one attached hydrogen (secondary N) is 1. The number of nitrogens with two attached hydrogens (primary N) is 1. The molecule has 6 rings (SSSR count). The molecular formula is C26H21FN6O2. The van der Waals surface area contributed by atoms with Crippen LogP contribution in [0, 0.1) is 17.7 Å². The lowest BCUT2D eigenvalue weighted by Crippen LogP contribution is -2.29. The molecule has 174 valence electrons. The number of hydrogen-bond acceptors (Lipinski definition) is 4. The van der Waals surface area contributed by atoms with Gasteiger partial charge in [-0.05, 0) is 24.6 Å². The van der Waals surface area contributed by atoms with Crippen LogP contribution >= 0.6 is 0 Å². The normalized spacial score (nSPS) is 15.1. The lowest BCUT2D eigenvalue weighted by molar-refractivity contribution is 0.0700. The van der Waals surface area contributed by atoms with Crippen LogP contribution in [0.5, 0.6) is 0 Å². The van der Waals surface area contributed by atoms with Crippen molar-refractivity contribution in [2.45, 2.75) is 38.4 Å². The van der Waals surface area contributed by atoms with Crippen molar-refractivity contribution in [3.05, 3.63) is 82.4 Å². The number of imidazole rings is 1. The molecule has 1 unspecified atom stereocenters. The number of aryl methyl sites for hydroxylation is 2. The van der Waals surface area contributed by atoms with Gasteiger partial charge in [0.2, 0.25) is 0 Å². The van der Waals surface area contributed by atoms with Gasteiger partial charge < -0.3 is 20.2 Å². The van der Waals surface area contributed by atoms with E-state index in [9.17, 15) is 14.0 Å². The molecule has 2 amide bonds. The summed E-state index contributed by atoms with van der Waals surface area (Å²) in [5, 5.41) is 0.693. The zero-order chi connectivity index (χ0) is 24.1. The molecule has 0 fully saturated rings. The van der Waals surface area contributed by atoms with E-state index in [1.165, 1.54) is 12.3 Å². The van der Waals surface area contributed by atoms with E-state index in [-0.39, 0.29) is 24.4 Å². The molecule has 1 aromatic carbocycles. The van der Waals surface area contributed by atoms with Crippen molar-refractivity contribution in [3.63, 3.8) is 0 Å². The van der Waals surface area contributed by atoms with Crippen molar-refractivity contribution in [2.24, 2.45) is 5.73 Å². The van der Waals surface area contributed by atoms with Crippen molar-refractivity contribution in [1.82, 2.24) is 24.4 Å². The molecular weight excluding hydrogens is 447 g/mol. The molecule has 35 heavy (non-hydrogen) atoms. The molecule has 5 heterocycles. The molecule has 1 atom stereocenters. The monoisotopic (exact) mass is 468 g/mol. The number of carbonyl (C=O) groups excluding carboxylic acids is 2. The fourth-order valence-corrected chi connectivity index (χ4v) is 4.95. The van der Waals surface area contributed by atoms with Crippen molar-refractivity contribution < 1.29 is 14.0 Å². The minimum atomic E-state index is -0.618. The van der Waals surface area contributed by atoms with Gasteiger partial charge in [-0.25, -0.2) is 14.4 Å². The Labute approximate surface area is 200 Å². The summed E-state index contributed by atoms with van der Waals surface area (Å²) in [5.41, 5.74) is 8.36. The largest absolute Gasteiger partial charge is 0.366 e. The summed E-state index contributed by atoms with van der Waals surface area (Å²) in [6.07, 6.45) is 7.27. The first-order valence-electron chi connectivity index (χ1n) is 11.4. The Morgan fingerprint density at radius 2 is 2.20 bits per heavy atom. The molecule has 0 saturated carbocycles. The predicted octanol–water partition coefficient (Wildman–Crippen LogP) is 3.08. The summed E-state index contributed by atoms with van der Waals surface area (Å²) >= 11 is 0. The Balaban J connectivity index is 1.39. The van der Waals surface area contributed by atoms with Gasteiger partial charge in [0.1, 0.15) is 17.3 Å². The zero-order valence-corrected chi connectivity index (χ0v) is 18.7. The number of rotatable bonds is 4. The SMILES string of the molecule is NC(=O)c1cnc2[nH]ccc2c1C#CCC(c1cn2c(n1)CCC2)N1Cc2c(F)cccc2C1=O. The Bertz CT molecular complexity index is 1550. The highest BCUT2D eigenvalue weighted by Crippen LogP contribution is 2.35. The second kappa shape index (κ2) is 8.09. The van der Waals surface area contributed by atoms with Crippen LogP contribution in [0.25, 0.3) is 11.0 Å². The minimum absolute atomic E-state index is 0.152. The van der Waals surface area contributed by atoms with Crippen LogP contribution in [0.1, 0.15) is 62.2 Å². The number of halogens is 1. The third-order valence-corrected chi connectivity index (χ3v) is 6.69. The van der Waals surface area contributed by atoms with Crippen LogP contribution in [0.4, 0.5) is 4.39 Å². The van der Waals surface area contributed by atoms with E-state index >= 15 is 0 Å². The highest BCUT2D eigenvalue weighted by molar-refractivity contribution is 6.00. The number of amides is 2. The second-order valence-electron chi connectivity index (χ2n) is 8.75. The van der Waals surface area contributed by atoms with E-state index in [2.05, 4.69) is 26.4 Å². The number of hydrogen-bond donors (Lipinski definition) is 2. The average molecular weight is 468 g/mol. The molecule has 4 aromatic rings. The first kappa shape index (κ1) is 21.1. The number of primary amides is 1. The highest BCUT2D eigenvalue weighted by atomic mass is 19.1. The van der Waals surface area contributed by atoms with Gasteiger partial charge in [-0.1, -0.05) is 17.9 Å². The van der Waals surface area contributed by atoms with Gasteiger partial charge in [0.05, 0.1) is 23.8 Å². The van der Waals surface area contributed by atoms with Gasteiger partial charge in [-0.15, -0.1) is 0 Å². The maximum Gasteiger partial charge on any atom is 0.255 e. The summed E-state index contributed by atoms with van der Waals surface area (Å²) in [5.74, 6) is 5.96. The maximum absolute atomic E-state index is 14.5. The number of aromatic nitrogens is 4. The quantitative estimate of drug-likeness (QED) is 0.449. The third-order valence-electron chi connectivity index (χ3n) is 6.69. The van der Waals surface area contributed by atoms with Gasteiger partial charge in [0.25, 0.3) is 11.8 Å². The summed E-state index contributed by atoms with van der Waals surface area (Å²) in [6, 6.07) is 5.88. The molecule has 9 heteroatoms.